The first kappa shape index (κ1) is 17.6. The lowest BCUT2D eigenvalue weighted by Gasteiger charge is -2.25. The summed E-state index contributed by atoms with van der Waals surface area (Å²) in [6.45, 7) is 1.16. The van der Waals surface area contributed by atoms with Crippen LogP contribution in [0.1, 0.15) is 6.42 Å². The molecule has 0 aromatic heterocycles. The number of benzene rings is 1. The molecular weight excluding hydrogens is 323 g/mol. The molecule has 1 N–H and O–H groups in total. The molecule has 126 valence electrons. The maximum absolute atomic E-state index is 12.9. The number of sulfonamides is 1. The monoisotopic (exact) mass is 342 g/mol. The Morgan fingerprint density at radius 3 is 2.61 bits per heavy atom. The number of hydrogen-bond acceptors (Lipinski definition) is 4. The van der Waals surface area contributed by atoms with Gasteiger partial charge in [0, 0.05) is 32.3 Å². The Morgan fingerprint density at radius 2 is 2.04 bits per heavy atom. The van der Waals surface area contributed by atoms with Gasteiger partial charge in [-0.15, -0.1) is 0 Å². The number of carbonyl (C=O) groups excluding carboxylic acids is 1. The van der Waals surface area contributed by atoms with Gasteiger partial charge in [-0.05, 0) is 30.7 Å². The molecule has 1 aliphatic rings. The fraction of sp³-hybridized carbons (Fsp3) is 0.400. The van der Waals surface area contributed by atoms with Crippen LogP contribution in [0.25, 0.3) is 0 Å². The molecule has 0 aliphatic carbocycles. The minimum atomic E-state index is -3.68. The lowest BCUT2D eigenvalue weighted by atomic mass is 10.1. The highest BCUT2D eigenvalue weighted by Gasteiger charge is 2.27. The molecular formula is C15H19FN2O4S. The van der Waals surface area contributed by atoms with E-state index in [2.05, 4.69) is 5.32 Å². The number of methoxy groups -OCH3 is 1. The Kier molecular flexibility index (Phi) is 5.86. The lowest BCUT2D eigenvalue weighted by molar-refractivity contribution is -0.117. The Bertz CT molecular complexity index is 686. The quantitative estimate of drug-likeness (QED) is 0.780. The maximum Gasteiger partial charge on any atom is 0.247 e. The van der Waals surface area contributed by atoms with Crippen LogP contribution >= 0.6 is 0 Å². The molecule has 0 unspecified atom stereocenters. The van der Waals surface area contributed by atoms with Gasteiger partial charge in [-0.3, -0.25) is 4.79 Å². The van der Waals surface area contributed by atoms with Crippen molar-refractivity contribution in [3.05, 3.63) is 41.7 Å². The van der Waals surface area contributed by atoms with Gasteiger partial charge in [-0.1, -0.05) is 6.08 Å². The average molecular weight is 342 g/mol. The number of carbonyl (C=O) groups is 1. The summed E-state index contributed by atoms with van der Waals surface area (Å²) < 4.78 is 43.9. The molecule has 8 heteroatoms. The third kappa shape index (κ3) is 4.37. The fourth-order valence-electron chi connectivity index (χ4n) is 2.21. The van der Waals surface area contributed by atoms with Crippen LogP contribution in [-0.2, 0) is 19.6 Å². The van der Waals surface area contributed by atoms with E-state index in [-0.39, 0.29) is 23.9 Å². The summed E-state index contributed by atoms with van der Waals surface area (Å²) in [5.74, 6) is -0.696. The molecule has 0 fully saturated rings. The van der Waals surface area contributed by atoms with Crippen molar-refractivity contribution in [2.75, 3.05) is 33.4 Å². The van der Waals surface area contributed by atoms with E-state index >= 15 is 0 Å². The number of rotatable bonds is 6. The highest BCUT2D eigenvalue weighted by atomic mass is 32.2. The summed E-state index contributed by atoms with van der Waals surface area (Å²) in [5.41, 5.74) is 0.562. The molecule has 1 aromatic rings. The summed E-state index contributed by atoms with van der Waals surface area (Å²) >= 11 is 0. The standard InChI is InChI=1S/C15H19FN2O4S/c1-22-11-8-17-15(19)12-6-9-18(10-7-12)23(20,21)14-4-2-13(16)3-5-14/h2-6H,7-11H2,1H3,(H,17,19). The van der Waals surface area contributed by atoms with Gasteiger partial charge in [0.1, 0.15) is 5.82 Å². The Morgan fingerprint density at radius 1 is 1.35 bits per heavy atom. The molecule has 23 heavy (non-hydrogen) atoms. The van der Waals surface area contributed by atoms with Gasteiger partial charge < -0.3 is 10.1 Å². The van der Waals surface area contributed by atoms with Gasteiger partial charge in [0.15, 0.2) is 0 Å². The van der Waals surface area contributed by atoms with Gasteiger partial charge in [-0.25, -0.2) is 12.8 Å². The predicted molar refractivity (Wildman–Crippen MR) is 82.7 cm³/mol. The molecule has 0 saturated carbocycles. The number of hydrogen-bond donors (Lipinski definition) is 1. The van der Waals surface area contributed by atoms with Crippen molar-refractivity contribution < 1.29 is 22.3 Å². The van der Waals surface area contributed by atoms with Gasteiger partial charge in [0.25, 0.3) is 0 Å². The third-order valence-corrected chi connectivity index (χ3v) is 5.39. The molecule has 1 amide bonds. The molecule has 0 bridgehead atoms. The third-order valence-electron chi connectivity index (χ3n) is 3.51. The number of ether oxygens (including phenoxy) is 1. The summed E-state index contributed by atoms with van der Waals surface area (Å²) in [7, 11) is -2.13. The summed E-state index contributed by atoms with van der Waals surface area (Å²) in [5, 5.41) is 2.70. The first-order chi connectivity index (χ1) is 10.9. The molecule has 6 nitrogen and oxygen atoms in total. The second-order valence-corrected chi connectivity index (χ2v) is 6.98. The molecule has 0 radical (unpaired) electrons. The van der Waals surface area contributed by atoms with Crippen LogP contribution < -0.4 is 5.32 Å². The van der Waals surface area contributed by atoms with Crippen molar-refractivity contribution in [1.82, 2.24) is 9.62 Å². The Hall–Kier alpha value is -1.77. The largest absolute Gasteiger partial charge is 0.383 e. The first-order valence-corrected chi connectivity index (χ1v) is 8.61. The predicted octanol–water partition coefficient (Wildman–Crippen LogP) is 0.909. The SMILES string of the molecule is COCCNC(=O)C1=CCN(S(=O)(=O)c2ccc(F)cc2)CC1. The van der Waals surface area contributed by atoms with Crippen LogP contribution in [-0.4, -0.2) is 52.0 Å². The molecule has 0 saturated heterocycles. The molecule has 0 atom stereocenters. The number of nitrogens with zero attached hydrogens (tertiary/aromatic N) is 1. The van der Waals surface area contributed by atoms with Crippen molar-refractivity contribution in [1.29, 1.82) is 0 Å². The molecule has 1 heterocycles. The number of halogens is 1. The van der Waals surface area contributed by atoms with Crippen LogP contribution in [0.4, 0.5) is 4.39 Å². The van der Waals surface area contributed by atoms with Gasteiger partial charge in [-0.2, -0.15) is 4.31 Å². The lowest BCUT2D eigenvalue weighted by Crippen LogP contribution is -2.38. The normalized spacial score (nSPS) is 16.0. The van der Waals surface area contributed by atoms with Crippen molar-refractivity contribution >= 4 is 15.9 Å². The first-order valence-electron chi connectivity index (χ1n) is 7.17. The Balaban J connectivity index is 2.02. The second-order valence-electron chi connectivity index (χ2n) is 5.05. The average Bonchev–Trinajstić information content (AvgIpc) is 2.55. The van der Waals surface area contributed by atoms with Gasteiger partial charge in [0.2, 0.25) is 15.9 Å². The van der Waals surface area contributed by atoms with E-state index in [1.807, 2.05) is 0 Å². The van der Waals surface area contributed by atoms with Crippen LogP contribution in [0.3, 0.4) is 0 Å². The van der Waals surface area contributed by atoms with Gasteiger partial charge >= 0.3 is 0 Å². The van der Waals surface area contributed by atoms with E-state index in [0.717, 1.165) is 12.1 Å². The zero-order valence-electron chi connectivity index (χ0n) is 12.8. The van der Waals surface area contributed by atoms with Crippen LogP contribution in [0.15, 0.2) is 40.8 Å². The summed E-state index contributed by atoms with van der Waals surface area (Å²) in [4.78, 5) is 11.9. The van der Waals surface area contributed by atoms with Crippen molar-refractivity contribution in [3.63, 3.8) is 0 Å². The smallest absolute Gasteiger partial charge is 0.247 e. The molecule has 2 rings (SSSR count). The van der Waals surface area contributed by atoms with Crippen LogP contribution in [0, 0.1) is 5.82 Å². The molecule has 0 spiro atoms. The van der Waals surface area contributed by atoms with Crippen molar-refractivity contribution in [3.8, 4) is 0 Å². The topological polar surface area (TPSA) is 75.7 Å². The zero-order chi connectivity index (χ0) is 16.9. The van der Waals surface area contributed by atoms with Crippen molar-refractivity contribution in [2.45, 2.75) is 11.3 Å². The second kappa shape index (κ2) is 7.67. The van der Waals surface area contributed by atoms with E-state index in [9.17, 15) is 17.6 Å². The highest BCUT2D eigenvalue weighted by Crippen LogP contribution is 2.20. The van der Waals surface area contributed by atoms with Crippen molar-refractivity contribution in [2.24, 2.45) is 0 Å². The molecule has 1 aromatic carbocycles. The van der Waals surface area contributed by atoms with Crippen LogP contribution in [0.2, 0.25) is 0 Å². The van der Waals surface area contributed by atoms with Gasteiger partial charge in [0.05, 0.1) is 11.5 Å². The van der Waals surface area contributed by atoms with E-state index in [1.54, 1.807) is 13.2 Å². The highest BCUT2D eigenvalue weighted by molar-refractivity contribution is 7.89. The fourth-order valence-corrected chi connectivity index (χ4v) is 3.59. The zero-order valence-corrected chi connectivity index (χ0v) is 13.6. The minimum Gasteiger partial charge on any atom is -0.383 e. The van der Waals surface area contributed by atoms with E-state index in [1.165, 1.54) is 16.4 Å². The Labute approximate surface area is 135 Å². The number of amides is 1. The van der Waals surface area contributed by atoms with Crippen LogP contribution in [0.5, 0.6) is 0 Å². The minimum absolute atomic E-state index is 0.0419. The van der Waals surface area contributed by atoms with E-state index in [0.29, 0.717) is 25.1 Å². The summed E-state index contributed by atoms with van der Waals surface area (Å²) in [6.07, 6.45) is 1.94. The molecule has 1 aliphatic heterocycles. The maximum atomic E-state index is 12.9. The number of nitrogens with one attached hydrogen (secondary N) is 1. The van der Waals surface area contributed by atoms with E-state index in [4.69, 9.17) is 4.74 Å². The summed E-state index contributed by atoms with van der Waals surface area (Å²) in [6, 6.07) is 4.70. The van der Waals surface area contributed by atoms with E-state index < -0.39 is 15.8 Å².